The number of benzene rings is 2. The lowest BCUT2D eigenvalue weighted by atomic mass is 9.98. The maximum Gasteiger partial charge on any atom is 0.253 e. The number of hydrogen-bond acceptors (Lipinski definition) is 3. The van der Waals surface area contributed by atoms with Crippen molar-refractivity contribution in [2.45, 2.75) is 12.8 Å². The number of likely N-dealkylation sites (tertiary alicyclic amines) is 1. The number of rotatable bonds is 5. The molecule has 1 amide bonds. The van der Waals surface area contributed by atoms with E-state index in [-0.39, 0.29) is 5.91 Å². The number of nitrogens with zero attached hydrogens (tertiary/aromatic N) is 1. The number of hydrogen-bond donors (Lipinski definition) is 1. The van der Waals surface area contributed by atoms with Crippen molar-refractivity contribution in [1.29, 1.82) is 0 Å². The van der Waals surface area contributed by atoms with Crippen LogP contribution in [0.4, 0.5) is 0 Å². The summed E-state index contributed by atoms with van der Waals surface area (Å²) < 4.78 is 11.2. The molecular formula is C22H24N2O3. The van der Waals surface area contributed by atoms with Gasteiger partial charge in [-0.05, 0) is 48.6 Å². The molecule has 0 aliphatic carbocycles. The van der Waals surface area contributed by atoms with E-state index < -0.39 is 0 Å². The summed E-state index contributed by atoms with van der Waals surface area (Å²) in [4.78, 5) is 18.0. The third kappa shape index (κ3) is 3.92. The second kappa shape index (κ2) is 7.74. The lowest BCUT2D eigenvalue weighted by molar-refractivity contribution is 0.0633. The molecular weight excluding hydrogens is 340 g/mol. The maximum atomic E-state index is 12.9. The highest BCUT2D eigenvalue weighted by atomic mass is 16.5. The summed E-state index contributed by atoms with van der Waals surface area (Å²) >= 11 is 0. The van der Waals surface area contributed by atoms with Crippen molar-refractivity contribution in [3.05, 3.63) is 60.3 Å². The van der Waals surface area contributed by atoms with Crippen molar-refractivity contribution < 1.29 is 14.3 Å². The summed E-state index contributed by atoms with van der Waals surface area (Å²) in [7, 11) is 1.65. The number of aromatic nitrogens is 1. The van der Waals surface area contributed by atoms with Crippen molar-refractivity contribution in [1.82, 2.24) is 9.88 Å². The minimum Gasteiger partial charge on any atom is -0.497 e. The number of H-pyrrole nitrogens is 1. The SMILES string of the molecule is COc1cccc(OCC2CCCN(C(=O)c3ccc4cc[nH]c4c3)C2)c1. The molecule has 3 aromatic rings. The molecule has 1 aliphatic rings. The van der Waals surface area contributed by atoms with Crippen molar-refractivity contribution in [2.24, 2.45) is 5.92 Å². The van der Waals surface area contributed by atoms with Crippen LogP contribution in [0.3, 0.4) is 0 Å². The lowest BCUT2D eigenvalue weighted by Crippen LogP contribution is -2.41. The number of amides is 1. The summed E-state index contributed by atoms with van der Waals surface area (Å²) in [6.07, 6.45) is 3.97. The smallest absolute Gasteiger partial charge is 0.253 e. The lowest BCUT2D eigenvalue weighted by Gasteiger charge is -2.32. The molecule has 1 aromatic heterocycles. The summed E-state index contributed by atoms with van der Waals surface area (Å²) in [6, 6.07) is 15.5. The van der Waals surface area contributed by atoms with Crippen LogP contribution in [0.15, 0.2) is 54.7 Å². The third-order valence-electron chi connectivity index (χ3n) is 5.14. The van der Waals surface area contributed by atoms with Crippen LogP contribution in [0.2, 0.25) is 0 Å². The highest BCUT2D eigenvalue weighted by Crippen LogP contribution is 2.23. The Morgan fingerprint density at radius 1 is 1.19 bits per heavy atom. The quantitative estimate of drug-likeness (QED) is 0.741. The van der Waals surface area contributed by atoms with Crippen LogP contribution >= 0.6 is 0 Å². The van der Waals surface area contributed by atoms with Gasteiger partial charge in [-0.25, -0.2) is 0 Å². The van der Waals surface area contributed by atoms with Crippen molar-refractivity contribution >= 4 is 16.8 Å². The molecule has 1 aliphatic heterocycles. The number of piperidine rings is 1. The third-order valence-corrected chi connectivity index (χ3v) is 5.14. The highest BCUT2D eigenvalue weighted by Gasteiger charge is 2.25. The molecule has 27 heavy (non-hydrogen) atoms. The molecule has 140 valence electrons. The minimum atomic E-state index is 0.0950. The van der Waals surface area contributed by atoms with Gasteiger partial charge in [0.1, 0.15) is 11.5 Å². The second-order valence-electron chi connectivity index (χ2n) is 7.03. The average molecular weight is 364 g/mol. The van der Waals surface area contributed by atoms with Crippen LogP contribution in [0.1, 0.15) is 23.2 Å². The summed E-state index contributed by atoms with van der Waals surface area (Å²) in [6.45, 7) is 2.13. The number of fused-ring (bicyclic) bond motifs is 1. The van der Waals surface area contributed by atoms with E-state index in [1.54, 1.807) is 7.11 Å². The Kier molecular flexibility index (Phi) is 5.01. The van der Waals surface area contributed by atoms with Gasteiger partial charge in [0.25, 0.3) is 5.91 Å². The minimum absolute atomic E-state index is 0.0950. The number of methoxy groups -OCH3 is 1. The van der Waals surface area contributed by atoms with Gasteiger partial charge < -0.3 is 19.4 Å². The van der Waals surface area contributed by atoms with E-state index >= 15 is 0 Å². The summed E-state index contributed by atoms with van der Waals surface area (Å²) in [5.41, 5.74) is 1.73. The van der Waals surface area contributed by atoms with E-state index in [0.29, 0.717) is 12.5 Å². The largest absolute Gasteiger partial charge is 0.497 e. The molecule has 0 radical (unpaired) electrons. The van der Waals surface area contributed by atoms with E-state index in [4.69, 9.17) is 9.47 Å². The normalized spacial score (nSPS) is 17.1. The molecule has 1 unspecified atom stereocenters. The molecule has 1 atom stereocenters. The van der Waals surface area contributed by atoms with Crippen LogP contribution in [-0.2, 0) is 0 Å². The molecule has 5 heteroatoms. The number of carbonyl (C=O) groups is 1. The fourth-order valence-corrected chi connectivity index (χ4v) is 3.65. The monoisotopic (exact) mass is 364 g/mol. The molecule has 1 saturated heterocycles. The Bertz CT molecular complexity index is 934. The van der Waals surface area contributed by atoms with Crippen LogP contribution in [0.25, 0.3) is 10.9 Å². The van der Waals surface area contributed by atoms with Crippen molar-refractivity contribution in [3.8, 4) is 11.5 Å². The fourth-order valence-electron chi connectivity index (χ4n) is 3.65. The number of nitrogens with one attached hydrogen (secondary N) is 1. The molecule has 5 nitrogen and oxygen atoms in total. The topological polar surface area (TPSA) is 54.6 Å². The summed E-state index contributed by atoms with van der Waals surface area (Å²) in [5.74, 6) is 2.02. The molecule has 1 N–H and O–H groups in total. The fraction of sp³-hybridized carbons (Fsp3) is 0.318. The molecule has 0 bridgehead atoms. The van der Waals surface area contributed by atoms with Crippen LogP contribution in [-0.4, -0.2) is 42.6 Å². The van der Waals surface area contributed by atoms with Gasteiger partial charge in [0.2, 0.25) is 0 Å². The molecule has 2 aromatic carbocycles. The second-order valence-corrected chi connectivity index (χ2v) is 7.03. The number of ether oxygens (including phenoxy) is 2. The standard InChI is InChI=1S/C22H24N2O3/c1-26-19-5-2-6-20(13-19)27-15-16-4-3-11-24(14-16)22(25)18-8-7-17-9-10-23-21(17)12-18/h2,5-10,12-13,16,23H,3-4,11,14-15H2,1H3. The van der Waals surface area contributed by atoms with E-state index in [9.17, 15) is 4.79 Å². The van der Waals surface area contributed by atoms with Gasteiger partial charge in [-0.1, -0.05) is 12.1 Å². The van der Waals surface area contributed by atoms with Crippen LogP contribution in [0, 0.1) is 5.92 Å². The molecule has 4 rings (SSSR count). The van der Waals surface area contributed by atoms with E-state index in [0.717, 1.165) is 53.9 Å². The Hall–Kier alpha value is -2.95. The van der Waals surface area contributed by atoms with Crippen molar-refractivity contribution in [2.75, 3.05) is 26.8 Å². The van der Waals surface area contributed by atoms with Gasteiger partial charge in [0.05, 0.1) is 13.7 Å². The maximum absolute atomic E-state index is 12.9. The Balaban J connectivity index is 1.39. The zero-order chi connectivity index (χ0) is 18.6. The first kappa shape index (κ1) is 17.5. The van der Waals surface area contributed by atoms with E-state index in [1.807, 2.05) is 59.6 Å². The highest BCUT2D eigenvalue weighted by molar-refractivity contribution is 5.98. The molecule has 0 saturated carbocycles. The summed E-state index contributed by atoms with van der Waals surface area (Å²) in [5, 5.41) is 1.12. The predicted octanol–water partition coefficient (Wildman–Crippen LogP) is 4.11. The van der Waals surface area contributed by atoms with Gasteiger partial charge in [-0.2, -0.15) is 0 Å². The number of aromatic amines is 1. The first-order valence-electron chi connectivity index (χ1n) is 9.36. The first-order chi connectivity index (χ1) is 13.2. The molecule has 1 fully saturated rings. The van der Waals surface area contributed by atoms with Gasteiger partial charge in [0.15, 0.2) is 0 Å². The van der Waals surface area contributed by atoms with E-state index in [2.05, 4.69) is 4.98 Å². The Morgan fingerprint density at radius 3 is 2.96 bits per heavy atom. The predicted molar refractivity (Wildman–Crippen MR) is 105 cm³/mol. The van der Waals surface area contributed by atoms with Gasteiger partial charge in [-0.15, -0.1) is 0 Å². The van der Waals surface area contributed by atoms with Gasteiger partial charge >= 0.3 is 0 Å². The first-order valence-corrected chi connectivity index (χ1v) is 9.36. The Morgan fingerprint density at radius 2 is 2.07 bits per heavy atom. The van der Waals surface area contributed by atoms with Crippen LogP contribution in [0.5, 0.6) is 11.5 Å². The average Bonchev–Trinajstić information content (AvgIpc) is 3.20. The molecule has 2 heterocycles. The molecule has 0 spiro atoms. The van der Waals surface area contributed by atoms with Crippen LogP contribution < -0.4 is 9.47 Å². The zero-order valence-corrected chi connectivity index (χ0v) is 15.5. The van der Waals surface area contributed by atoms with Gasteiger partial charge in [-0.3, -0.25) is 4.79 Å². The Labute approximate surface area is 158 Å². The number of carbonyl (C=O) groups excluding carboxylic acids is 1. The zero-order valence-electron chi connectivity index (χ0n) is 15.5. The van der Waals surface area contributed by atoms with Crippen molar-refractivity contribution in [3.63, 3.8) is 0 Å². The van der Waals surface area contributed by atoms with Gasteiger partial charge in [0, 0.05) is 42.4 Å². The van der Waals surface area contributed by atoms with E-state index in [1.165, 1.54) is 0 Å².